The maximum absolute atomic E-state index is 12.9. The van der Waals surface area contributed by atoms with E-state index in [2.05, 4.69) is 20.6 Å². The number of carbonyl (C=O) groups excluding carboxylic acids is 1. The van der Waals surface area contributed by atoms with Crippen LogP contribution in [-0.4, -0.2) is 22.4 Å². The smallest absolute Gasteiger partial charge is 0.253 e. The van der Waals surface area contributed by atoms with Crippen LogP contribution in [-0.2, 0) is 13.0 Å². The molecular formula is C20H19FN4O. The largest absolute Gasteiger partial charge is 0.383 e. The van der Waals surface area contributed by atoms with Gasteiger partial charge in [0.2, 0.25) is 0 Å². The Balaban J connectivity index is 1.52. The van der Waals surface area contributed by atoms with E-state index >= 15 is 0 Å². The Labute approximate surface area is 151 Å². The lowest BCUT2D eigenvalue weighted by atomic mass is 10.1. The van der Waals surface area contributed by atoms with Crippen LogP contribution in [0.25, 0.3) is 0 Å². The molecule has 0 aliphatic heterocycles. The Hall–Kier alpha value is -3.28. The van der Waals surface area contributed by atoms with Gasteiger partial charge in [0, 0.05) is 37.9 Å². The number of halogens is 1. The van der Waals surface area contributed by atoms with Crippen LogP contribution in [0.2, 0.25) is 0 Å². The number of hydrogen-bond acceptors (Lipinski definition) is 4. The Morgan fingerprint density at radius 1 is 1.00 bits per heavy atom. The number of nitrogens with one attached hydrogen (secondary N) is 2. The first kappa shape index (κ1) is 17.5. The third-order valence-corrected chi connectivity index (χ3v) is 3.83. The third-order valence-electron chi connectivity index (χ3n) is 3.83. The van der Waals surface area contributed by atoms with Crippen molar-refractivity contribution < 1.29 is 9.18 Å². The highest BCUT2D eigenvalue weighted by molar-refractivity contribution is 5.94. The SMILES string of the molecule is O=C(NCc1cccnc1)c1cncc(NCCc2ccc(F)cc2)c1. The van der Waals surface area contributed by atoms with E-state index < -0.39 is 0 Å². The van der Waals surface area contributed by atoms with Gasteiger partial charge in [0.25, 0.3) is 5.91 Å². The van der Waals surface area contributed by atoms with E-state index in [-0.39, 0.29) is 11.7 Å². The van der Waals surface area contributed by atoms with Crippen LogP contribution in [0.15, 0.2) is 67.3 Å². The summed E-state index contributed by atoms with van der Waals surface area (Å²) in [6.45, 7) is 1.07. The van der Waals surface area contributed by atoms with Gasteiger partial charge in [-0.05, 0) is 41.8 Å². The minimum Gasteiger partial charge on any atom is -0.383 e. The second kappa shape index (κ2) is 8.71. The monoisotopic (exact) mass is 350 g/mol. The molecule has 0 spiro atoms. The molecule has 0 saturated carbocycles. The lowest BCUT2D eigenvalue weighted by Crippen LogP contribution is -2.23. The summed E-state index contributed by atoms with van der Waals surface area (Å²) < 4.78 is 12.9. The first-order valence-corrected chi connectivity index (χ1v) is 8.31. The van der Waals surface area contributed by atoms with Gasteiger partial charge in [-0.3, -0.25) is 14.8 Å². The molecule has 26 heavy (non-hydrogen) atoms. The van der Waals surface area contributed by atoms with Gasteiger partial charge >= 0.3 is 0 Å². The maximum atomic E-state index is 12.9. The quantitative estimate of drug-likeness (QED) is 0.687. The Morgan fingerprint density at radius 2 is 1.85 bits per heavy atom. The molecular weight excluding hydrogens is 331 g/mol. The molecule has 132 valence electrons. The number of pyridine rings is 2. The zero-order valence-electron chi connectivity index (χ0n) is 14.2. The number of anilines is 1. The van der Waals surface area contributed by atoms with Crippen molar-refractivity contribution in [2.45, 2.75) is 13.0 Å². The summed E-state index contributed by atoms with van der Waals surface area (Å²) in [7, 11) is 0. The summed E-state index contributed by atoms with van der Waals surface area (Å²) in [6.07, 6.45) is 7.35. The highest BCUT2D eigenvalue weighted by Gasteiger charge is 2.07. The molecule has 0 aliphatic carbocycles. The molecule has 0 fully saturated rings. The molecule has 2 heterocycles. The minimum absolute atomic E-state index is 0.191. The molecule has 3 aromatic rings. The van der Waals surface area contributed by atoms with Gasteiger partial charge in [-0.1, -0.05) is 18.2 Å². The van der Waals surface area contributed by atoms with Crippen molar-refractivity contribution >= 4 is 11.6 Å². The van der Waals surface area contributed by atoms with Gasteiger partial charge in [-0.25, -0.2) is 4.39 Å². The lowest BCUT2D eigenvalue weighted by molar-refractivity contribution is 0.0950. The van der Waals surface area contributed by atoms with Crippen LogP contribution < -0.4 is 10.6 Å². The predicted molar refractivity (Wildman–Crippen MR) is 98.2 cm³/mol. The molecule has 1 aromatic carbocycles. The first-order valence-electron chi connectivity index (χ1n) is 8.31. The predicted octanol–water partition coefficient (Wildman–Crippen LogP) is 3.20. The van der Waals surface area contributed by atoms with Gasteiger partial charge in [-0.2, -0.15) is 0 Å². The van der Waals surface area contributed by atoms with Gasteiger partial charge in [0.05, 0.1) is 11.3 Å². The van der Waals surface area contributed by atoms with Gasteiger partial charge < -0.3 is 10.6 Å². The maximum Gasteiger partial charge on any atom is 0.253 e. The standard InChI is InChI=1S/C20H19FN4O/c21-18-5-3-15(4-6-18)7-9-24-19-10-17(13-23-14-19)20(26)25-12-16-2-1-8-22-11-16/h1-6,8,10-11,13-14,24H,7,9,12H2,(H,25,26). The Bertz CT molecular complexity index is 853. The van der Waals surface area contributed by atoms with Crippen LogP contribution in [0, 0.1) is 5.82 Å². The molecule has 3 rings (SSSR count). The summed E-state index contributed by atoms with van der Waals surface area (Å²) in [5.74, 6) is -0.431. The second-order valence-corrected chi connectivity index (χ2v) is 5.81. The minimum atomic E-state index is -0.240. The highest BCUT2D eigenvalue weighted by Crippen LogP contribution is 2.10. The summed E-state index contributed by atoms with van der Waals surface area (Å²) in [6, 6.07) is 11.9. The molecule has 2 aromatic heterocycles. The van der Waals surface area contributed by atoms with Crippen LogP contribution in [0.1, 0.15) is 21.5 Å². The van der Waals surface area contributed by atoms with E-state index in [0.717, 1.165) is 23.2 Å². The van der Waals surface area contributed by atoms with Crippen molar-refractivity contribution in [3.63, 3.8) is 0 Å². The lowest BCUT2D eigenvalue weighted by Gasteiger charge is -2.09. The Morgan fingerprint density at radius 3 is 2.62 bits per heavy atom. The van der Waals surface area contributed by atoms with Crippen LogP contribution in [0.3, 0.4) is 0 Å². The number of nitrogens with zero attached hydrogens (tertiary/aromatic N) is 2. The van der Waals surface area contributed by atoms with E-state index in [1.165, 1.54) is 18.3 Å². The van der Waals surface area contributed by atoms with E-state index in [0.29, 0.717) is 18.7 Å². The van der Waals surface area contributed by atoms with Gasteiger partial charge in [-0.15, -0.1) is 0 Å². The topological polar surface area (TPSA) is 66.9 Å². The number of benzene rings is 1. The summed E-state index contributed by atoms with van der Waals surface area (Å²) in [4.78, 5) is 20.4. The van der Waals surface area contributed by atoms with E-state index in [9.17, 15) is 9.18 Å². The molecule has 0 unspecified atom stereocenters. The zero-order valence-corrected chi connectivity index (χ0v) is 14.2. The van der Waals surface area contributed by atoms with E-state index in [1.54, 1.807) is 36.8 Å². The molecule has 2 N–H and O–H groups in total. The normalized spacial score (nSPS) is 10.3. The molecule has 0 bridgehead atoms. The number of hydrogen-bond donors (Lipinski definition) is 2. The number of aromatic nitrogens is 2. The molecule has 0 radical (unpaired) electrons. The molecule has 0 atom stereocenters. The van der Waals surface area contributed by atoms with E-state index in [4.69, 9.17) is 0 Å². The fraction of sp³-hybridized carbons (Fsp3) is 0.150. The first-order chi connectivity index (χ1) is 12.7. The van der Waals surface area contributed by atoms with Crippen molar-refractivity contribution in [2.75, 3.05) is 11.9 Å². The van der Waals surface area contributed by atoms with Crippen LogP contribution >= 0.6 is 0 Å². The summed E-state index contributed by atoms with van der Waals surface area (Å²) in [5.41, 5.74) is 3.22. The number of carbonyl (C=O) groups is 1. The average Bonchev–Trinajstić information content (AvgIpc) is 2.69. The molecule has 5 nitrogen and oxygen atoms in total. The van der Waals surface area contributed by atoms with Crippen molar-refractivity contribution in [3.8, 4) is 0 Å². The molecule has 6 heteroatoms. The van der Waals surface area contributed by atoms with Gasteiger partial charge in [0.15, 0.2) is 0 Å². The molecule has 1 amide bonds. The second-order valence-electron chi connectivity index (χ2n) is 5.81. The fourth-order valence-electron chi connectivity index (χ4n) is 2.45. The van der Waals surface area contributed by atoms with Crippen LogP contribution in [0.4, 0.5) is 10.1 Å². The van der Waals surface area contributed by atoms with Crippen molar-refractivity contribution in [1.29, 1.82) is 0 Å². The number of amides is 1. The molecule has 0 aliphatic rings. The number of rotatable bonds is 7. The van der Waals surface area contributed by atoms with E-state index in [1.807, 2.05) is 12.1 Å². The Kier molecular flexibility index (Phi) is 5.88. The zero-order chi connectivity index (χ0) is 18.2. The average molecular weight is 350 g/mol. The van der Waals surface area contributed by atoms with Gasteiger partial charge in [0.1, 0.15) is 5.82 Å². The summed E-state index contributed by atoms with van der Waals surface area (Å²) >= 11 is 0. The highest BCUT2D eigenvalue weighted by atomic mass is 19.1. The third kappa shape index (κ3) is 5.11. The fourth-order valence-corrected chi connectivity index (χ4v) is 2.45. The van der Waals surface area contributed by atoms with Crippen molar-refractivity contribution in [2.24, 2.45) is 0 Å². The molecule has 0 saturated heterocycles. The van der Waals surface area contributed by atoms with Crippen molar-refractivity contribution in [3.05, 3.63) is 89.8 Å². The van der Waals surface area contributed by atoms with Crippen molar-refractivity contribution in [1.82, 2.24) is 15.3 Å². The van der Waals surface area contributed by atoms with Crippen LogP contribution in [0.5, 0.6) is 0 Å². The summed E-state index contributed by atoms with van der Waals surface area (Å²) in [5, 5.41) is 6.08.